The fourth-order valence-corrected chi connectivity index (χ4v) is 7.20. The molecule has 218 valence electrons. The summed E-state index contributed by atoms with van der Waals surface area (Å²) in [5, 5.41) is 9.70. The molecule has 0 amide bonds. The van der Waals surface area contributed by atoms with Crippen LogP contribution in [0.4, 0.5) is 0 Å². The lowest BCUT2D eigenvalue weighted by atomic mass is 9.84. The van der Waals surface area contributed by atoms with Gasteiger partial charge >= 0.3 is 5.69 Å². The number of pyridine rings is 1. The molecule has 4 heteroatoms. The molecule has 4 nitrogen and oxygen atoms in total. The maximum absolute atomic E-state index is 12.7. The Kier molecular flexibility index (Phi) is 5.75. The summed E-state index contributed by atoms with van der Waals surface area (Å²) < 4.78 is 3.26. The fourth-order valence-electron chi connectivity index (χ4n) is 7.20. The minimum Gasteiger partial charge on any atom is -0.293 e. The van der Waals surface area contributed by atoms with E-state index < -0.39 is 0 Å². The topological polar surface area (TPSA) is 39.8 Å². The predicted molar refractivity (Wildman–Crippen MR) is 192 cm³/mol. The summed E-state index contributed by atoms with van der Waals surface area (Å²) >= 11 is 0. The second kappa shape index (κ2) is 10.0. The number of nitrogens with zero attached hydrogens (tertiary/aromatic N) is 3. The van der Waals surface area contributed by atoms with Crippen molar-refractivity contribution < 1.29 is 0 Å². The van der Waals surface area contributed by atoms with Gasteiger partial charge in [-0.2, -0.15) is 0 Å². The minimum absolute atomic E-state index is 0.0803. The minimum atomic E-state index is -0.0803. The second-order valence-electron chi connectivity index (χ2n) is 12.1. The van der Waals surface area contributed by atoms with E-state index in [4.69, 9.17) is 4.98 Å². The molecule has 0 aliphatic heterocycles. The molecule has 0 aliphatic carbocycles. The van der Waals surface area contributed by atoms with Crippen molar-refractivity contribution in [1.82, 2.24) is 14.1 Å². The Bertz CT molecular complexity index is 2750. The zero-order valence-corrected chi connectivity index (χ0v) is 25.5. The highest BCUT2D eigenvalue weighted by Crippen LogP contribution is 2.45. The lowest BCUT2D eigenvalue weighted by Crippen LogP contribution is -2.19. The molecule has 0 atom stereocenters. The van der Waals surface area contributed by atoms with Crippen LogP contribution in [-0.4, -0.2) is 14.1 Å². The molecule has 9 rings (SSSR count). The van der Waals surface area contributed by atoms with Gasteiger partial charge in [-0.15, -0.1) is 0 Å². The summed E-state index contributed by atoms with van der Waals surface area (Å²) in [5.41, 5.74) is 8.26. The first-order chi connectivity index (χ1) is 22.5. The first-order valence-electron chi connectivity index (χ1n) is 15.5. The van der Waals surface area contributed by atoms with Gasteiger partial charge in [-0.25, -0.2) is 9.78 Å². The highest BCUT2D eigenvalue weighted by atomic mass is 16.1. The smallest absolute Gasteiger partial charge is 0.293 e. The Morgan fingerprint density at radius 1 is 0.457 bits per heavy atom. The third-order valence-electron chi connectivity index (χ3n) is 9.53. The van der Waals surface area contributed by atoms with Crippen molar-refractivity contribution in [3.05, 3.63) is 150 Å². The SMILES string of the molecule is Cn1c(=O)n(C)c2ncc(-c3ccc4c(-c5ccc6ccccc6c5)c5ccccc5c(-c5ccc6ccccc6c5)c4c3)cc21. The van der Waals surface area contributed by atoms with E-state index >= 15 is 0 Å². The highest BCUT2D eigenvalue weighted by molar-refractivity contribution is 6.22. The van der Waals surface area contributed by atoms with Gasteiger partial charge in [0.2, 0.25) is 0 Å². The van der Waals surface area contributed by atoms with Crippen LogP contribution in [0, 0.1) is 0 Å². The normalized spacial score (nSPS) is 11.8. The van der Waals surface area contributed by atoms with E-state index in [1.807, 2.05) is 6.20 Å². The van der Waals surface area contributed by atoms with Crippen molar-refractivity contribution >= 4 is 54.3 Å². The number of imidazole rings is 1. The highest BCUT2D eigenvalue weighted by Gasteiger charge is 2.19. The van der Waals surface area contributed by atoms with Crippen LogP contribution in [0.5, 0.6) is 0 Å². The lowest BCUT2D eigenvalue weighted by Gasteiger charge is -2.19. The number of benzene rings is 7. The van der Waals surface area contributed by atoms with Gasteiger partial charge in [0.15, 0.2) is 5.65 Å². The number of aromatic nitrogens is 3. The number of hydrogen-bond acceptors (Lipinski definition) is 2. The largest absolute Gasteiger partial charge is 0.329 e. The van der Waals surface area contributed by atoms with E-state index in [-0.39, 0.29) is 5.69 Å². The molecule has 0 saturated carbocycles. The standard InChI is InChI=1S/C42H29N3O/c1-44-38-24-33(25-43-41(38)45(2)42(44)46)30-19-20-36-37(23-30)40(32-18-16-27-10-4-6-12-29(27)22-32)35-14-8-7-13-34(35)39(36)31-17-15-26-9-3-5-11-28(26)21-31/h3-25H,1-2H3. The second-order valence-corrected chi connectivity index (χ2v) is 12.1. The van der Waals surface area contributed by atoms with Gasteiger partial charge in [0.05, 0.1) is 5.52 Å². The van der Waals surface area contributed by atoms with Crippen LogP contribution in [0.1, 0.15) is 0 Å². The van der Waals surface area contributed by atoms with Gasteiger partial charge in [-0.1, -0.05) is 109 Å². The first kappa shape index (κ1) is 26.4. The molecule has 0 bridgehead atoms. The number of aryl methyl sites for hydroxylation is 2. The number of fused-ring (bicyclic) bond motifs is 5. The van der Waals surface area contributed by atoms with Crippen molar-refractivity contribution in [3.8, 4) is 33.4 Å². The van der Waals surface area contributed by atoms with Gasteiger partial charge in [0.25, 0.3) is 0 Å². The van der Waals surface area contributed by atoms with Gasteiger partial charge in [0.1, 0.15) is 0 Å². The van der Waals surface area contributed by atoms with Crippen LogP contribution in [0.3, 0.4) is 0 Å². The lowest BCUT2D eigenvalue weighted by molar-refractivity contribution is 0.791. The average Bonchev–Trinajstić information content (AvgIpc) is 3.32. The number of rotatable bonds is 3. The third-order valence-corrected chi connectivity index (χ3v) is 9.53. The molecule has 9 aromatic rings. The zero-order chi connectivity index (χ0) is 30.9. The molecule has 0 spiro atoms. The Hall–Kier alpha value is -6.00. The van der Waals surface area contributed by atoms with Crippen molar-refractivity contribution in [3.63, 3.8) is 0 Å². The van der Waals surface area contributed by atoms with Crippen LogP contribution in [0.15, 0.2) is 144 Å². The molecule has 7 aromatic carbocycles. The summed E-state index contributed by atoms with van der Waals surface area (Å²) in [6.45, 7) is 0. The molecule has 0 fully saturated rings. The molecule has 0 unspecified atom stereocenters. The Balaban J connectivity index is 1.39. The van der Waals surface area contributed by atoms with E-state index in [2.05, 4.69) is 133 Å². The number of hydrogen-bond donors (Lipinski definition) is 0. The molecular weight excluding hydrogens is 562 g/mol. The molecule has 0 aliphatic rings. The Labute approximate surface area is 265 Å². The fraction of sp³-hybridized carbons (Fsp3) is 0.0476. The summed E-state index contributed by atoms with van der Waals surface area (Å²) in [7, 11) is 3.57. The zero-order valence-electron chi connectivity index (χ0n) is 25.5. The van der Waals surface area contributed by atoms with Crippen molar-refractivity contribution in [2.75, 3.05) is 0 Å². The summed E-state index contributed by atoms with van der Waals surface area (Å²) in [6, 6.07) is 48.3. The van der Waals surface area contributed by atoms with Crippen molar-refractivity contribution in [2.24, 2.45) is 14.1 Å². The van der Waals surface area contributed by atoms with Crippen LogP contribution in [0.25, 0.3) is 87.6 Å². The molecule has 0 saturated heterocycles. The van der Waals surface area contributed by atoms with Gasteiger partial charge in [-0.05, 0) is 95.2 Å². The van der Waals surface area contributed by atoms with Crippen LogP contribution in [-0.2, 0) is 14.1 Å². The average molecular weight is 592 g/mol. The maximum Gasteiger partial charge on any atom is 0.329 e. The molecule has 2 heterocycles. The molecule has 2 aromatic heterocycles. The van der Waals surface area contributed by atoms with Crippen LogP contribution < -0.4 is 5.69 Å². The predicted octanol–water partition coefficient (Wildman–Crippen LogP) is 9.89. The monoisotopic (exact) mass is 591 g/mol. The Morgan fingerprint density at radius 3 is 1.61 bits per heavy atom. The van der Waals surface area contributed by atoms with Gasteiger partial charge < -0.3 is 0 Å². The van der Waals surface area contributed by atoms with Gasteiger partial charge in [-0.3, -0.25) is 9.13 Å². The first-order valence-corrected chi connectivity index (χ1v) is 15.5. The van der Waals surface area contributed by atoms with E-state index in [0.29, 0.717) is 5.65 Å². The van der Waals surface area contributed by atoms with E-state index in [1.165, 1.54) is 65.3 Å². The van der Waals surface area contributed by atoms with E-state index in [0.717, 1.165) is 16.6 Å². The van der Waals surface area contributed by atoms with E-state index in [9.17, 15) is 4.79 Å². The summed E-state index contributed by atoms with van der Waals surface area (Å²) in [6.07, 6.45) is 1.88. The summed E-state index contributed by atoms with van der Waals surface area (Å²) in [5.74, 6) is 0. The third kappa shape index (κ3) is 3.93. The molecule has 46 heavy (non-hydrogen) atoms. The summed E-state index contributed by atoms with van der Waals surface area (Å²) in [4.78, 5) is 17.4. The molecule has 0 radical (unpaired) electrons. The molecular formula is C42H29N3O. The molecule has 0 N–H and O–H groups in total. The van der Waals surface area contributed by atoms with E-state index in [1.54, 1.807) is 23.2 Å². The van der Waals surface area contributed by atoms with Crippen molar-refractivity contribution in [1.29, 1.82) is 0 Å². The van der Waals surface area contributed by atoms with Crippen LogP contribution >= 0.6 is 0 Å². The quantitative estimate of drug-likeness (QED) is 0.192. The van der Waals surface area contributed by atoms with Gasteiger partial charge in [0, 0.05) is 25.9 Å². The van der Waals surface area contributed by atoms with Crippen molar-refractivity contribution in [2.45, 2.75) is 0 Å². The van der Waals surface area contributed by atoms with Crippen LogP contribution in [0.2, 0.25) is 0 Å². The maximum atomic E-state index is 12.7. The Morgan fingerprint density at radius 2 is 0.978 bits per heavy atom.